The Labute approximate surface area is 70.2 Å². The number of ether oxygens (including phenoxy) is 1. The molecule has 0 aromatic heterocycles. The van der Waals surface area contributed by atoms with E-state index in [4.69, 9.17) is 14.9 Å². The second kappa shape index (κ2) is 2.93. The predicted molar refractivity (Wildman–Crippen MR) is 39.2 cm³/mol. The summed E-state index contributed by atoms with van der Waals surface area (Å²) in [4.78, 5) is 0. The standard InChI is InChI=1S/C7H14O5/c1-7(2)5(10)3(8)4(9)6(11)12-7/h3-6,8-11H,1-2H3/t3-,4-,5+,6?/m1/s1. The maximum absolute atomic E-state index is 9.35. The molecule has 0 amide bonds. The summed E-state index contributed by atoms with van der Waals surface area (Å²) < 4.78 is 4.86. The second-order valence-electron chi connectivity index (χ2n) is 3.54. The Morgan fingerprint density at radius 2 is 1.50 bits per heavy atom. The van der Waals surface area contributed by atoms with Crippen molar-refractivity contribution in [2.45, 2.75) is 44.1 Å². The van der Waals surface area contributed by atoms with Gasteiger partial charge in [-0.3, -0.25) is 0 Å². The van der Waals surface area contributed by atoms with Gasteiger partial charge in [-0.25, -0.2) is 0 Å². The normalized spacial score (nSPS) is 47.5. The van der Waals surface area contributed by atoms with E-state index in [9.17, 15) is 10.2 Å². The van der Waals surface area contributed by atoms with Crippen LogP contribution < -0.4 is 0 Å². The first-order chi connectivity index (χ1) is 5.36. The third kappa shape index (κ3) is 1.46. The van der Waals surface area contributed by atoms with Crippen LogP contribution in [0.5, 0.6) is 0 Å². The van der Waals surface area contributed by atoms with Crippen molar-refractivity contribution in [2.75, 3.05) is 0 Å². The largest absolute Gasteiger partial charge is 0.387 e. The van der Waals surface area contributed by atoms with Gasteiger partial charge in [0.05, 0.1) is 5.60 Å². The molecule has 0 aliphatic carbocycles. The van der Waals surface area contributed by atoms with Crippen molar-refractivity contribution in [3.8, 4) is 0 Å². The van der Waals surface area contributed by atoms with Gasteiger partial charge in [-0.1, -0.05) is 0 Å². The molecule has 1 rings (SSSR count). The van der Waals surface area contributed by atoms with Crippen molar-refractivity contribution < 1.29 is 25.2 Å². The fourth-order valence-corrected chi connectivity index (χ4v) is 1.22. The molecule has 4 atom stereocenters. The minimum absolute atomic E-state index is 1.04. The molecule has 5 nitrogen and oxygen atoms in total. The van der Waals surface area contributed by atoms with E-state index in [0.717, 1.165) is 0 Å². The van der Waals surface area contributed by atoms with Crippen molar-refractivity contribution in [2.24, 2.45) is 0 Å². The van der Waals surface area contributed by atoms with Gasteiger partial charge in [0.25, 0.3) is 0 Å². The third-order valence-electron chi connectivity index (χ3n) is 2.10. The Morgan fingerprint density at radius 3 is 2.00 bits per heavy atom. The molecule has 0 aromatic rings. The van der Waals surface area contributed by atoms with Crippen LogP contribution in [0.3, 0.4) is 0 Å². The quantitative estimate of drug-likeness (QED) is 0.351. The fourth-order valence-electron chi connectivity index (χ4n) is 1.22. The lowest BCUT2D eigenvalue weighted by atomic mass is 9.90. The lowest BCUT2D eigenvalue weighted by molar-refractivity contribution is -0.310. The number of aliphatic hydroxyl groups is 4. The molecule has 0 bridgehead atoms. The Morgan fingerprint density at radius 1 is 1.00 bits per heavy atom. The van der Waals surface area contributed by atoms with E-state index in [-0.39, 0.29) is 0 Å². The highest BCUT2D eigenvalue weighted by molar-refractivity contribution is 4.94. The zero-order chi connectivity index (χ0) is 9.52. The Bertz CT molecular complexity index is 169. The van der Waals surface area contributed by atoms with Crippen LogP contribution in [0.1, 0.15) is 13.8 Å². The summed E-state index contributed by atoms with van der Waals surface area (Å²) in [5, 5.41) is 36.7. The van der Waals surface area contributed by atoms with Crippen LogP contribution in [0.25, 0.3) is 0 Å². The van der Waals surface area contributed by atoms with E-state index in [1.165, 1.54) is 13.8 Å². The van der Waals surface area contributed by atoms with Crippen molar-refractivity contribution in [3.05, 3.63) is 0 Å². The smallest absolute Gasteiger partial charge is 0.184 e. The van der Waals surface area contributed by atoms with E-state index in [2.05, 4.69) is 0 Å². The fraction of sp³-hybridized carbons (Fsp3) is 1.00. The van der Waals surface area contributed by atoms with Gasteiger partial charge in [0.1, 0.15) is 18.3 Å². The number of hydrogen-bond acceptors (Lipinski definition) is 5. The molecule has 0 saturated carbocycles. The summed E-state index contributed by atoms with van der Waals surface area (Å²) in [6.45, 7) is 3.05. The first-order valence-corrected chi connectivity index (χ1v) is 3.76. The molecule has 1 saturated heterocycles. The van der Waals surface area contributed by atoms with Crippen LogP contribution in [-0.2, 0) is 4.74 Å². The first kappa shape index (κ1) is 9.88. The molecule has 0 aromatic carbocycles. The van der Waals surface area contributed by atoms with Crippen LogP contribution in [0.4, 0.5) is 0 Å². The van der Waals surface area contributed by atoms with Gasteiger partial charge in [-0.05, 0) is 13.8 Å². The van der Waals surface area contributed by atoms with Gasteiger partial charge in [-0.15, -0.1) is 0 Å². The molecular weight excluding hydrogens is 164 g/mol. The predicted octanol–water partition coefficient (Wildman–Crippen LogP) is -1.80. The molecule has 1 heterocycles. The highest BCUT2D eigenvalue weighted by atomic mass is 16.6. The summed E-state index contributed by atoms with van der Waals surface area (Å²) in [7, 11) is 0. The summed E-state index contributed by atoms with van der Waals surface area (Å²) in [6.07, 6.45) is -5.47. The molecule has 1 aliphatic heterocycles. The summed E-state index contributed by atoms with van der Waals surface area (Å²) in [5.41, 5.74) is -1.04. The van der Waals surface area contributed by atoms with Gasteiger partial charge in [0, 0.05) is 0 Å². The molecule has 1 aliphatic rings. The van der Waals surface area contributed by atoms with Gasteiger partial charge in [-0.2, -0.15) is 0 Å². The monoisotopic (exact) mass is 178 g/mol. The molecule has 1 fully saturated rings. The average Bonchev–Trinajstić information content (AvgIpc) is 1.97. The topological polar surface area (TPSA) is 90.2 Å². The second-order valence-corrected chi connectivity index (χ2v) is 3.54. The molecule has 1 unspecified atom stereocenters. The van der Waals surface area contributed by atoms with Crippen molar-refractivity contribution in [3.63, 3.8) is 0 Å². The summed E-state index contributed by atoms with van der Waals surface area (Å²) >= 11 is 0. The molecule has 72 valence electrons. The molecular formula is C7H14O5. The maximum Gasteiger partial charge on any atom is 0.184 e. The maximum atomic E-state index is 9.35. The van der Waals surface area contributed by atoms with E-state index in [1.54, 1.807) is 0 Å². The van der Waals surface area contributed by atoms with Gasteiger partial charge >= 0.3 is 0 Å². The Hall–Kier alpha value is -0.200. The molecule has 0 spiro atoms. The van der Waals surface area contributed by atoms with Crippen LogP contribution in [-0.4, -0.2) is 50.6 Å². The zero-order valence-corrected chi connectivity index (χ0v) is 7.01. The van der Waals surface area contributed by atoms with Crippen molar-refractivity contribution in [1.29, 1.82) is 0 Å². The molecule has 4 N–H and O–H groups in total. The lowest BCUT2D eigenvalue weighted by Crippen LogP contribution is -2.61. The highest BCUT2D eigenvalue weighted by Crippen LogP contribution is 2.27. The Balaban J connectivity index is 2.78. The SMILES string of the molecule is CC1(C)OC(O)[C@H](O)[C@@H](O)[C@@H]1O. The minimum Gasteiger partial charge on any atom is -0.387 e. The first-order valence-electron chi connectivity index (χ1n) is 3.76. The molecule has 12 heavy (non-hydrogen) atoms. The summed E-state index contributed by atoms with van der Waals surface area (Å²) in [6, 6.07) is 0. The van der Waals surface area contributed by atoms with Gasteiger partial charge in [0.15, 0.2) is 6.29 Å². The van der Waals surface area contributed by atoms with E-state index in [1.807, 2.05) is 0 Å². The number of hydrogen-bond donors (Lipinski definition) is 4. The minimum atomic E-state index is -1.45. The van der Waals surface area contributed by atoms with Crippen LogP contribution in [0.2, 0.25) is 0 Å². The Kier molecular flexibility index (Phi) is 2.42. The van der Waals surface area contributed by atoms with Crippen molar-refractivity contribution in [1.82, 2.24) is 0 Å². The van der Waals surface area contributed by atoms with Crippen LogP contribution >= 0.6 is 0 Å². The number of aliphatic hydroxyl groups excluding tert-OH is 4. The molecule has 5 heteroatoms. The highest BCUT2D eigenvalue weighted by Gasteiger charge is 2.47. The molecule has 0 radical (unpaired) electrons. The average molecular weight is 178 g/mol. The zero-order valence-electron chi connectivity index (χ0n) is 7.01. The van der Waals surface area contributed by atoms with E-state index >= 15 is 0 Å². The van der Waals surface area contributed by atoms with Crippen molar-refractivity contribution >= 4 is 0 Å². The van der Waals surface area contributed by atoms with Crippen LogP contribution in [0.15, 0.2) is 0 Å². The van der Waals surface area contributed by atoms with E-state index in [0.29, 0.717) is 0 Å². The lowest BCUT2D eigenvalue weighted by Gasteiger charge is -2.43. The summed E-state index contributed by atoms with van der Waals surface area (Å²) in [5.74, 6) is 0. The van der Waals surface area contributed by atoms with Crippen LogP contribution in [0, 0.1) is 0 Å². The van der Waals surface area contributed by atoms with Gasteiger partial charge in [0.2, 0.25) is 0 Å². The number of rotatable bonds is 0. The third-order valence-corrected chi connectivity index (χ3v) is 2.10. The van der Waals surface area contributed by atoms with Gasteiger partial charge < -0.3 is 25.2 Å². The van der Waals surface area contributed by atoms with E-state index < -0.39 is 30.2 Å².